The number of likely N-dealkylation sites (tertiary alicyclic amines) is 1. The first kappa shape index (κ1) is 15.7. The molecule has 0 aromatic carbocycles. The molecule has 21 heavy (non-hydrogen) atoms. The Morgan fingerprint density at radius 3 is 2.57 bits per heavy atom. The highest BCUT2D eigenvalue weighted by atomic mass is 16.5. The molecule has 3 fully saturated rings. The fourth-order valence-electron chi connectivity index (χ4n) is 4.80. The zero-order valence-electron chi connectivity index (χ0n) is 13.8. The van der Waals surface area contributed by atoms with Crippen LogP contribution in [-0.2, 0) is 4.74 Å². The van der Waals surface area contributed by atoms with Crippen molar-refractivity contribution in [3.63, 3.8) is 0 Å². The summed E-state index contributed by atoms with van der Waals surface area (Å²) in [6.07, 6.45) is 3.90. The highest BCUT2D eigenvalue weighted by Crippen LogP contribution is 2.34. The van der Waals surface area contributed by atoms with Crippen molar-refractivity contribution in [2.75, 3.05) is 45.9 Å². The van der Waals surface area contributed by atoms with Crippen LogP contribution < -0.4 is 5.73 Å². The van der Waals surface area contributed by atoms with Crippen LogP contribution in [0.15, 0.2) is 0 Å². The molecule has 5 atom stereocenters. The number of nitrogens with zero attached hydrogens (tertiary/aromatic N) is 2. The average molecular weight is 295 g/mol. The van der Waals surface area contributed by atoms with Crippen molar-refractivity contribution in [2.24, 2.45) is 23.5 Å². The molecule has 0 spiro atoms. The lowest BCUT2D eigenvalue weighted by molar-refractivity contribution is 0.0176. The van der Waals surface area contributed by atoms with Crippen LogP contribution in [0, 0.1) is 17.8 Å². The minimum atomic E-state index is 0.409. The normalized spacial score (nSPS) is 43.3. The van der Waals surface area contributed by atoms with E-state index in [1.807, 2.05) is 0 Å². The van der Waals surface area contributed by atoms with Gasteiger partial charge in [0.1, 0.15) is 0 Å². The van der Waals surface area contributed by atoms with Crippen molar-refractivity contribution >= 4 is 0 Å². The molecule has 5 unspecified atom stereocenters. The van der Waals surface area contributed by atoms with Crippen molar-refractivity contribution in [1.29, 1.82) is 0 Å². The van der Waals surface area contributed by atoms with Crippen molar-refractivity contribution < 1.29 is 4.74 Å². The lowest BCUT2D eigenvalue weighted by atomic mass is 9.72. The van der Waals surface area contributed by atoms with E-state index in [4.69, 9.17) is 10.5 Å². The number of hydrogen-bond donors (Lipinski definition) is 1. The molecule has 3 aliphatic rings. The minimum absolute atomic E-state index is 0.409. The number of rotatable bonds is 3. The van der Waals surface area contributed by atoms with Crippen molar-refractivity contribution in [3.05, 3.63) is 0 Å². The third kappa shape index (κ3) is 3.79. The van der Waals surface area contributed by atoms with Crippen molar-refractivity contribution in [2.45, 2.75) is 45.2 Å². The quantitative estimate of drug-likeness (QED) is 0.855. The Hall–Kier alpha value is -0.160. The molecular weight excluding hydrogens is 262 g/mol. The molecule has 4 heteroatoms. The van der Waals surface area contributed by atoms with Crippen LogP contribution in [0.25, 0.3) is 0 Å². The molecule has 1 saturated carbocycles. The third-order valence-corrected chi connectivity index (χ3v) is 6.01. The molecule has 2 heterocycles. The number of hydrogen-bond acceptors (Lipinski definition) is 4. The SMILES string of the molecule is CC1CC(C)C(CN2CCC(N3CCOCC3)C2)C(N)C1. The largest absolute Gasteiger partial charge is 0.379 e. The molecule has 2 N–H and O–H groups in total. The van der Waals surface area contributed by atoms with Gasteiger partial charge in [0.25, 0.3) is 0 Å². The van der Waals surface area contributed by atoms with Crippen molar-refractivity contribution in [1.82, 2.24) is 9.80 Å². The molecule has 0 radical (unpaired) electrons. The van der Waals surface area contributed by atoms with Crippen molar-refractivity contribution in [3.8, 4) is 0 Å². The zero-order chi connectivity index (χ0) is 14.8. The van der Waals surface area contributed by atoms with Gasteiger partial charge < -0.3 is 15.4 Å². The summed E-state index contributed by atoms with van der Waals surface area (Å²) in [6, 6.07) is 1.16. The summed E-state index contributed by atoms with van der Waals surface area (Å²) in [6.45, 7) is 12.6. The van der Waals surface area contributed by atoms with Gasteiger partial charge in [0.05, 0.1) is 13.2 Å². The Morgan fingerprint density at radius 1 is 1.10 bits per heavy atom. The van der Waals surface area contributed by atoms with Crippen LogP contribution in [0.5, 0.6) is 0 Å². The van der Waals surface area contributed by atoms with Gasteiger partial charge in [0.2, 0.25) is 0 Å². The smallest absolute Gasteiger partial charge is 0.0594 e. The van der Waals surface area contributed by atoms with E-state index in [0.717, 1.165) is 44.2 Å². The van der Waals surface area contributed by atoms with Crippen LogP contribution >= 0.6 is 0 Å². The molecule has 3 rings (SSSR count). The fourth-order valence-corrected chi connectivity index (χ4v) is 4.80. The first-order chi connectivity index (χ1) is 10.1. The second kappa shape index (κ2) is 6.95. The van der Waals surface area contributed by atoms with Gasteiger partial charge in [-0.3, -0.25) is 4.90 Å². The lowest BCUT2D eigenvalue weighted by Crippen LogP contribution is -2.48. The predicted molar refractivity (Wildman–Crippen MR) is 86.3 cm³/mol. The van der Waals surface area contributed by atoms with Gasteiger partial charge in [0.15, 0.2) is 0 Å². The van der Waals surface area contributed by atoms with Crippen LogP contribution in [-0.4, -0.2) is 67.8 Å². The highest BCUT2D eigenvalue weighted by Gasteiger charge is 2.35. The molecule has 0 aromatic heterocycles. The number of nitrogens with two attached hydrogens (primary N) is 1. The molecule has 2 saturated heterocycles. The molecule has 0 amide bonds. The Morgan fingerprint density at radius 2 is 1.86 bits per heavy atom. The van der Waals surface area contributed by atoms with E-state index in [2.05, 4.69) is 23.6 Å². The Bertz CT molecular complexity index is 320. The monoisotopic (exact) mass is 295 g/mol. The highest BCUT2D eigenvalue weighted by molar-refractivity contribution is 4.91. The van der Waals surface area contributed by atoms with E-state index in [1.54, 1.807) is 0 Å². The van der Waals surface area contributed by atoms with Gasteiger partial charge in [-0.1, -0.05) is 13.8 Å². The first-order valence-corrected chi connectivity index (χ1v) is 8.93. The Balaban J connectivity index is 1.49. The summed E-state index contributed by atoms with van der Waals surface area (Å²) in [5, 5.41) is 0. The summed E-state index contributed by atoms with van der Waals surface area (Å²) < 4.78 is 5.47. The maximum Gasteiger partial charge on any atom is 0.0594 e. The topological polar surface area (TPSA) is 41.7 Å². The van der Waals surface area contributed by atoms with E-state index >= 15 is 0 Å². The lowest BCUT2D eigenvalue weighted by Gasteiger charge is -2.40. The van der Waals surface area contributed by atoms with E-state index < -0.39 is 0 Å². The Labute approximate surface area is 130 Å². The van der Waals surface area contributed by atoms with Crippen LogP contribution in [0.4, 0.5) is 0 Å². The molecule has 2 aliphatic heterocycles. The fraction of sp³-hybridized carbons (Fsp3) is 1.00. The average Bonchev–Trinajstić information content (AvgIpc) is 2.92. The van der Waals surface area contributed by atoms with Gasteiger partial charge in [-0.25, -0.2) is 0 Å². The van der Waals surface area contributed by atoms with Gasteiger partial charge in [-0.05, 0) is 43.6 Å². The van der Waals surface area contributed by atoms with Gasteiger partial charge in [-0.2, -0.15) is 0 Å². The number of ether oxygens (including phenoxy) is 1. The second-order valence-electron chi connectivity index (χ2n) is 7.73. The van der Waals surface area contributed by atoms with E-state index in [0.29, 0.717) is 12.0 Å². The van der Waals surface area contributed by atoms with Crippen LogP contribution in [0.1, 0.15) is 33.1 Å². The van der Waals surface area contributed by atoms with Gasteiger partial charge in [0, 0.05) is 38.3 Å². The molecule has 1 aliphatic carbocycles. The first-order valence-electron chi connectivity index (χ1n) is 8.93. The second-order valence-corrected chi connectivity index (χ2v) is 7.73. The molecular formula is C17H33N3O. The summed E-state index contributed by atoms with van der Waals surface area (Å²) in [5.74, 6) is 2.29. The maximum atomic E-state index is 6.46. The summed E-state index contributed by atoms with van der Waals surface area (Å²) in [7, 11) is 0. The van der Waals surface area contributed by atoms with E-state index in [1.165, 1.54) is 38.9 Å². The summed E-state index contributed by atoms with van der Waals surface area (Å²) >= 11 is 0. The standard InChI is InChI=1S/C17H33N3O/c1-13-9-14(2)16(17(18)10-13)12-19-4-3-15(11-19)20-5-7-21-8-6-20/h13-17H,3-12,18H2,1-2H3. The molecule has 122 valence electrons. The molecule has 4 nitrogen and oxygen atoms in total. The van der Waals surface area contributed by atoms with E-state index in [9.17, 15) is 0 Å². The summed E-state index contributed by atoms with van der Waals surface area (Å²) in [5.41, 5.74) is 6.46. The third-order valence-electron chi connectivity index (χ3n) is 6.01. The van der Waals surface area contributed by atoms with E-state index in [-0.39, 0.29) is 0 Å². The Kier molecular flexibility index (Phi) is 5.20. The maximum absolute atomic E-state index is 6.46. The predicted octanol–water partition coefficient (Wildman–Crippen LogP) is 1.40. The summed E-state index contributed by atoms with van der Waals surface area (Å²) in [4.78, 5) is 5.31. The molecule has 0 bridgehead atoms. The van der Waals surface area contributed by atoms with Crippen LogP contribution in [0.2, 0.25) is 0 Å². The minimum Gasteiger partial charge on any atom is -0.379 e. The van der Waals surface area contributed by atoms with Crippen LogP contribution in [0.3, 0.4) is 0 Å². The van der Waals surface area contributed by atoms with Gasteiger partial charge in [-0.15, -0.1) is 0 Å². The number of morpholine rings is 1. The van der Waals surface area contributed by atoms with Gasteiger partial charge >= 0.3 is 0 Å². The zero-order valence-corrected chi connectivity index (χ0v) is 13.8. The molecule has 0 aromatic rings.